The standard InChI is InChI=1S/C20H16N4O3S/c25-24(26)17-8-12-19(13-9-17)27-18-10-6-15(7-11-18)14-21-23-20(28)22-16-4-2-1-3-5-16/h1-14H,(H2,22,23,28)/b21-14+. The minimum atomic E-state index is -0.451. The topological polar surface area (TPSA) is 88.8 Å². The Morgan fingerprint density at radius 2 is 1.57 bits per heavy atom. The van der Waals surface area contributed by atoms with Crippen LogP contribution in [0.15, 0.2) is 84.0 Å². The maximum absolute atomic E-state index is 10.7. The van der Waals surface area contributed by atoms with Gasteiger partial charge in [0.15, 0.2) is 5.11 Å². The van der Waals surface area contributed by atoms with Crippen molar-refractivity contribution < 1.29 is 9.66 Å². The molecule has 3 aromatic carbocycles. The number of anilines is 1. The Morgan fingerprint density at radius 3 is 2.18 bits per heavy atom. The fourth-order valence-electron chi connectivity index (χ4n) is 2.24. The number of nitro groups is 1. The van der Waals surface area contributed by atoms with E-state index in [0.29, 0.717) is 16.6 Å². The van der Waals surface area contributed by atoms with Crippen LogP contribution in [0.5, 0.6) is 11.5 Å². The van der Waals surface area contributed by atoms with Gasteiger partial charge in [-0.2, -0.15) is 5.10 Å². The molecule has 0 aliphatic carbocycles. The second-order valence-electron chi connectivity index (χ2n) is 5.61. The van der Waals surface area contributed by atoms with Crippen LogP contribution in [0.2, 0.25) is 0 Å². The number of benzene rings is 3. The first-order valence-corrected chi connectivity index (χ1v) is 8.68. The summed E-state index contributed by atoms with van der Waals surface area (Å²) in [5, 5.41) is 18.2. The largest absolute Gasteiger partial charge is 0.457 e. The summed E-state index contributed by atoms with van der Waals surface area (Å²) in [6.07, 6.45) is 1.63. The summed E-state index contributed by atoms with van der Waals surface area (Å²) in [6, 6.07) is 22.7. The maximum atomic E-state index is 10.7. The van der Waals surface area contributed by atoms with Gasteiger partial charge in [0.2, 0.25) is 0 Å². The number of hydrazone groups is 1. The normalized spacial score (nSPS) is 10.4. The minimum absolute atomic E-state index is 0.0195. The van der Waals surface area contributed by atoms with E-state index in [-0.39, 0.29) is 5.69 Å². The first-order valence-electron chi connectivity index (χ1n) is 8.28. The summed E-state index contributed by atoms with van der Waals surface area (Å²) in [7, 11) is 0. The van der Waals surface area contributed by atoms with Gasteiger partial charge in [-0.15, -0.1) is 0 Å². The van der Waals surface area contributed by atoms with E-state index in [1.165, 1.54) is 12.1 Å². The molecule has 0 amide bonds. The van der Waals surface area contributed by atoms with Gasteiger partial charge in [0.25, 0.3) is 5.69 Å². The Morgan fingerprint density at radius 1 is 0.964 bits per heavy atom. The molecule has 0 heterocycles. The molecule has 0 saturated carbocycles. The highest BCUT2D eigenvalue weighted by molar-refractivity contribution is 7.80. The zero-order valence-electron chi connectivity index (χ0n) is 14.6. The number of para-hydroxylation sites is 1. The van der Waals surface area contributed by atoms with Crippen molar-refractivity contribution in [2.24, 2.45) is 5.10 Å². The Balaban J connectivity index is 1.51. The molecule has 0 bridgehead atoms. The molecule has 2 N–H and O–H groups in total. The average molecular weight is 392 g/mol. The van der Waals surface area contributed by atoms with Gasteiger partial charge in [-0.3, -0.25) is 15.5 Å². The average Bonchev–Trinajstić information content (AvgIpc) is 2.70. The van der Waals surface area contributed by atoms with Crippen molar-refractivity contribution in [3.63, 3.8) is 0 Å². The van der Waals surface area contributed by atoms with Gasteiger partial charge in [-0.05, 0) is 66.3 Å². The number of non-ortho nitro benzene ring substituents is 1. The van der Waals surface area contributed by atoms with Gasteiger partial charge >= 0.3 is 0 Å². The number of rotatable bonds is 6. The zero-order valence-corrected chi connectivity index (χ0v) is 15.4. The van der Waals surface area contributed by atoms with E-state index in [4.69, 9.17) is 17.0 Å². The number of ether oxygens (including phenoxy) is 1. The number of hydrogen-bond acceptors (Lipinski definition) is 5. The summed E-state index contributed by atoms with van der Waals surface area (Å²) < 4.78 is 5.66. The predicted octanol–water partition coefficient (Wildman–Crippen LogP) is 4.71. The minimum Gasteiger partial charge on any atom is -0.457 e. The fraction of sp³-hybridized carbons (Fsp3) is 0. The molecule has 7 nitrogen and oxygen atoms in total. The highest BCUT2D eigenvalue weighted by atomic mass is 32.1. The highest BCUT2D eigenvalue weighted by Crippen LogP contribution is 2.23. The third-order valence-electron chi connectivity index (χ3n) is 3.57. The lowest BCUT2D eigenvalue weighted by Gasteiger charge is -2.06. The van der Waals surface area contributed by atoms with E-state index >= 15 is 0 Å². The van der Waals surface area contributed by atoms with Gasteiger partial charge < -0.3 is 10.1 Å². The molecule has 0 aliphatic rings. The number of nitrogens with zero attached hydrogens (tertiary/aromatic N) is 2. The van der Waals surface area contributed by atoms with Crippen LogP contribution in [0, 0.1) is 10.1 Å². The third-order valence-corrected chi connectivity index (χ3v) is 3.77. The van der Waals surface area contributed by atoms with Gasteiger partial charge in [0.1, 0.15) is 11.5 Å². The molecule has 8 heteroatoms. The van der Waals surface area contributed by atoms with Gasteiger partial charge in [-0.1, -0.05) is 18.2 Å². The van der Waals surface area contributed by atoms with Gasteiger partial charge in [0, 0.05) is 17.8 Å². The quantitative estimate of drug-likeness (QED) is 0.273. The number of hydrogen-bond donors (Lipinski definition) is 2. The number of nitro benzene ring substituents is 1. The summed E-state index contributed by atoms with van der Waals surface area (Å²) in [6.45, 7) is 0. The van der Waals surface area contributed by atoms with Crippen LogP contribution in [0.1, 0.15) is 5.56 Å². The van der Waals surface area contributed by atoms with E-state index in [0.717, 1.165) is 11.3 Å². The van der Waals surface area contributed by atoms with Crippen LogP contribution >= 0.6 is 12.2 Å². The summed E-state index contributed by atoms with van der Waals surface area (Å²) >= 11 is 5.17. The fourth-order valence-corrected chi connectivity index (χ4v) is 2.41. The lowest BCUT2D eigenvalue weighted by molar-refractivity contribution is -0.384. The number of thiocarbonyl (C=S) groups is 1. The Bertz CT molecular complexity index is 975. The lowest BCUT2D eigenvalue weighted by atomic mass is 10.2. The SMILES string of the molecule is O=[N+]([O-])c1ccc(Oc2ccc(/C=N/NC(=S)Nc3ccccc3)cc2)cc1. The van der Waals surface area contributed by atoms with E-state index in [9.17, 15) is 10.1 Å². The molecule has 0 radical (unpaired) electrons. The Kier molecular flexibility index (Phi) is 6.27. The Hall–Kier alpha value is -3.78. The van der Waals surface area contributed by atoms with E-state index in [1.54, 1.807) is 30.5 Å². The molecule has 0 spiro atoms. The van der Waals surface area contributed by atoms with Crippen molar-refractivity contribution in [1.29, 1.82) is 0 Å². The van der Waals surface area contributed by atoms with Crippen LogP contribution in [0.25, 0.3) is 0 Å². The molecule has 0 fully saturated rings. The molecule has 3 aromatic rings. The third kappa shape index (κ3) is 5.61. The van der Waals surface area contributed by atoms with Crippen molar-refractivity contribution in [3.8, 4) is 11.5 Å². The highest BCUT2D eigenvalue weighted by Gasteiger charge is 2.05. The summed E-state index contributed by atoms with van der Waals surface area (Å²) in [5.41, 5.74) is 4.50. The summed E-state index contributed by atoms with van der Waals surface area (Å²) in [5.74, 6) is 1.13. The second-order valence-corrected chi connectivity index (χ2v) is 6.02. The van der Waals surface area contributed by atoms with Crippen LogP contribution < -0.4 is 15.5 Å². The van der Waals surface area contributed by atoms with Gasteiger partial charge in [-0.25, -0.2) is 0 Å². The second kappa shape index (κ2) is 9.24. The van der Waals surface area contributed by atoms with Crippen molar-refractivity contribution in [2.45, 2.75) is 0 Å². The molecule has 28 heavy (non-hydrogen) atoms. The maximum Gasteiger partial charge on any atom is 0.269 e. The monoisotopic (exact) mass is 392 g/mol. The van der Waals surface area contributed by atoms with E-state index in [1.807, 2.05) is 42.5 Å². The lowest BCUT2D eigenvalue weighted by Crippen LogP contribution is -2.23. The van der Waals surface area contributed by atoms with E-state index in [2.05, 4.69) is 15.8 Å². The molecule has 0 aliphatic heterocycles. The van der Waals surface area contributed by atoms with Crippen molar-refractivity contribution in [3.05, 3.63) is 94.5 Å². The molecule has 0 saturated heterocycles. The molecule has 0 aromatic heterocycles. The molecular weight excluding hydrogens is 376 g/mol. The van der Waals surface area contributed by atoms with E-state index < -0.39 is 4.92 Å². The zero-order chi connectivity index (χ0) is 19.8. The van der Waals surface area contributed by atoms with Crippen LogP contribution in [-0.2, 0) is 0 Å². The number of nitrogens with one attached hydrogen (secondary N) is 2. The molecule has 0 atom stereocenters. The summed E-state index contributed by atoms with van der Waals surface area (Å²) in [4.78, 5) is 10.2. The first-order chi connectivity index (χ1) is 13.6. The van der Waals surface area contributed by atoms with Crippen LogP contribution in [0.3, 0.4) is 0 Å². The first kappa shape index (κ1) is 19.0. The smallest absolute Gasteiger partial charge is 0.269 e. The van der Waals surface area contributed by atoms with Crippen LogP contribution in [0.4, 0.5) is 11.4 Å². The van der Waals surface area contributed by atoms with Crippen molar-refractivity contribution >= 4 is 34.9 Å². The van der Waals surface area contributed by atoms with Crippen molar-refractivity contribution in [1.82, 2.24) is 5.43 Å². The van der Waals surface area contributed by atoms with Crippen LogP contribution in [-0.4, -0.2) is 16.3 Å². The molecular formula is C20H16N4O3S. The van der Waals surface area contributed by atoms with Crippen molar-refractivity contribution in [2.75, 3.05) is 5.32 Å². The predicted molar refractivity (Wildman–Crippen MR) is 113 cm³/mol. The molecule has 3 rings (SSSR count). The molecule has 140 valence electrons. The molecule has 0 unspecified atom stereocenters. The van der Waals surface area contributed by atoms with Gasteiger partial charge in [0.05, 0.1) is 11.1 Å². The Labute approximate surface area is 166 Å².